The highest BCUT2D eigenvalue weighted by Crippen LogP contribution is 2.23. The van der Waals surface area contributed by atoms with Gasteiger partial charge in [0.25, 0.3) is 0 Å². The summed E-state index contributed by atoms with van der Waals surface area (Å²) >= 11 is 0. The van der Waals surface area contributed by atoms with E-state index < -0.39 is 0 Å². The summed E-state index contributed by atoms with van der Waals surface area (Å²) in [5, 5.41) is 0. The number of hydrogen-bond acceptors (Lipinski definition) is 3. The molecule has 0 saturated heterocycles. The Balaban J connectivity index is 1.87. The minimum Gasteiger partial charge on any atom is -0.497 e. The van der Waals surface area contributed by atoms with E-state index in [-0.39, 0.29) is 0 Å². The van der Waals surface area contributed by atoms with Crippen molar-refractivity contribution in [2.24, 2.45) is 0 Å². The average Bonchev–Trinajstić information content (AvgIpc) is 2.48. The van der Waals surface area contributed by atoms with Crippen molar-refractivity contribution in [3.8, 4) is 17.2 Å². The Hall–Kier alpha value is -2.16. The molecule has 3 heteroatoms. The van der Waals surface area contributed by atoms with E-state index in [2.05, 4.69) is 32.9 Å². The molecule has 2 aromatic rings. The first-order chi connectivity index (χ1) is 10.1. The van der Waals surface area contributed by atoms with Crippen molar-refractivity contribution >= 4 is 0 Å². The molecule has 0 N–H and O–H groups in total. The van der Waals surface area contributed by atoms with E-state index in [1.54, 1.807) is 7.11 Å². The second-order valence-corrected chi connectivity index (χ2v) is 5.08. The van der Waals surface area contributed by atoms with Crippen LogP contribution in [0, 0.1) is 20.8 Å². The number of rotatable bonds is 6. The zero-order valence-electron chi connectivity index (χ0n) is 13.1. The molecular formula is C18H22O3. The Morgan fingerprint density at radius 1 is 0.857 bits per heavy atom. The predicted octanol–water partition coefficient (Wildman–Crippen LogP) is 4.08. The first kappa shape index (κ1) is 15.2. The second kappa shape index (κ2) is 7.02. The third kappa shape index (κ3) is 4.15. The summed E-state index contributed by atoms with van der Waals surface area (Å²) in [6, 6.07) is 11.8. The maximum Gasteiger partial charge on any atom is 0.123 e. The van der Waals surface area contributed by atoms with Crippen LogP contribution < -0.4 is 14.2 Å². The zero-order chi connectivity index (χ0) is 15.2. The Labute approximate surface area is 126 Å². The highest BCUT2D eigenvalue weighted by molar-refractivity contribution is 5.41. The molecule has 112 valence electrons. The number of ether oxygens (including phenoxy) is 3. The van der Waals surface area contributed by atoms with Crippen LogP contribution in [-0.4, -0.2) is 20.3 Å². The molecule has 0 amide bonds. The van der Waals surface area contributed by atoms with Gasteiger partial charge in [0, 0.05) is 6.07 Å². The van der Waals surface area contributed by atoms with Gasteiger partial charge in [0.2, 0.25) is 0 Å². The minimum absolute atomic E-state index is 0.500. The van der Waals surface area contributed by atoms with E-state index in [1.807, 2.05) is 24.3 Å². The highest BCUT2D eigenvalue weighted by Gasteiger charge is 2.04. The van der Waals surface area contributed by atoms with Gasteiger partial charge in [0.05, 0.1) is 7.11 Å². The summed E-state index contributed by atoms with van der Waals surface area (Å²) in [4.78, 5) is 0. The fraction of sp³-hybridized carbons (Fsp3) is 0.333. The molecule has 0 aliphatic heterocycles. The van der Waals surface area contributed by atoms with E-state index in [9.17, 15) is 0 Å². The molecule has 0 aliphatic carbocycles. The zero-order valence-corrected chi connectivity index (χ0v) is 13.1. The summed E-state index contributed by atoms with van der Waals surface area (Å²) < 4.78 is 16.6. The van der Waals surface area contributed by atoms with Crippen LogP contribution in [0.3, 0.4) is 0 Å². The normalized spacial score (nSPS) is 10.3. The van der Waals surface area contributed by atoms with Gasteiger partial charge in [-0.05, 0) is 55.7 Å². The van der Waals surface area contributed by atoms with Crippen LogP contribution in [0.25, 0.3) is 0 Å². The fourth-order valence-corrected chi connectivity index (χ4v) is 2.15. The largest absolute Gasteiger partial charge is 0.497 e. The lowest BCUT2D eigenvalue weighted by atomic mass is 10.1. The molecule has 0 spiro atoms. The van der Waals surface area contributed by atoms with Crippen molar-refractivity contribution in [2.75, 3.05) is 20.3 Å². The fourth-order valence-electron chi connectivity index (χ4n) is 2.15. The molecule has 0 heterocycles. The van der Waals surface area contributed by atoms with E-state index in [0.717, 1.165) is 17.2 Å². The van der Waals surface area contributed by atoms with Crippen molar-refractivity contribution in [1.29, 1.82) is 0 Å². The van der Waals surface area contributed by atoms with E-state index in [0.29, 0.717) is 13.2 Å². The SMILES string of the molecule is COc1cccc(OCCOc2cc(C)cc(C)c2C)c1. The van der Waals surface area contributed by atoms with Crippen LogP contribution in [0.5, 0.6) is 17.2 Å². The highest BCUT2D eigenvalue weighted by atomic mass is 16.5. The quantitative estimate of drug-likeness (QED) is 0.749. The van der Waals surface area contributed by atoms with Gasteiger partial charge in [-0.25, -0.2) is 0 Å². The lowest BCUT2D eigenvalue weighted by Gasteiger charge is -2.13. The molecule has 0 bridgehead atoms. The molecule has 0 radical (unpaired) electrons. The Kier molecular flexibility index (Phi) is 5.09. The van der Waals surface area contributed by atoms with Crippen LogP contribution in [0.2, 0.25) is 0 Å². The number of benzene rings is 2. The van der Waals surface area contributed by atoms with Crippen LogP contribution >= 0.6 is 0 Å². The lowest BCUT2D eigenvalue weighted by molar-refractivity contribution is 0.215. The summed E-state index contributed by atoms with van der Waals surface area (Å²) in [6.07, 6.45) is 0. The molecule has 0 atom stereocenters. The Bertz CT molecular complexity index is 605. The van der Waals surface area contributed by atoms with Gasteiger partial charge in [0.15, 0.2) is 0 Å². The summed E-state index contributed by atoms with van der Waals surface area (Å²) in [5.74, 6) is 2.51. The smallest absolute Gasteiger partial charge is 0.123 e. The van der Waals surface area contributed by atoms with Crippen molar-refractivity contribution in [1.82, 2.24) is 0 Å². The van der Waals surface area contributed by atoms with Crippen molar-refractivity contribution in [2.45, 2.75) is 20.8 Å². The van der Waals surface area contributed by atoms with E-state index in [4.69, 9.17) is 14.2 Å². The topological polar surface area (TPSA) is 27.7 Å². The number of methoxy groups -OCH3 is 1. The van der Waals surface area contributed by atoms with Gasteiger partial charge in [-0.1, -0.05) is 12.1 Å². The molecule has 0 saturated carbocycles. The van der Waals surface area contributed by atoms with Crippen LogP contribution in [0.1, 0.15) is 16.7 Å². The third-order valence-electron chi connectivity index (χ3n) is 3.41. The summed E-state index contributed by atoms with van der Waals surface area (Å²) in [6.45, 7) is 7.27. The predicted molar refractivity (Wildman–Crippen MR) is 84.6 cm³/mol. The number of aryl methyl sites for hydroxylation is 2. The van der Waals surface area contributed by atoms with Gasteiger partial charge in [-0.3, -0.25) is 0 Å². The summed E-state index contributed by atoms with van der Waals surface area (Å²) in [7, 11) is 1.64. The van der Waals surface area contributed by atoms with Crippen LogP contribution in [-0.2, 0) is 0 Å². The van der Waals surface area contributed by atoms with Crippen molar-refractivity contribution < 1.29 is 14.2 Å². The molecule has 21 heavy (non-hydrogen) atoms. The minimum atomic E-state index is 0.500. The molecule has 0 aromatic heterocycles. The van der Waals surface area contributed by atoms with Crippen molar-refractivity contribution in [3.63, 3.8) is 0 Å². The molecule has 0 unspecified atom stereocenters. The van der Waals surface area contributed by atoms with E-state index >= 15 is 0 Å². The third-order valence-corrected chi connectivity index (χ3v) is 3.41. The van der Waals surface area contributed by atoms with Gasteiger partial charge in [-0.2, -0.15) is 0 Å². The maximum atomic E-state index is 5.82. The molecule has 0 aliphatic rings. The maximum absolute atomic E-state index is 5.82. The van der Waals surface area contributed by atoms with Crippen LogP contribution in [0.4, 0.5) is 0 Å². The molecular weight excluding hydrogens is 264 g/mol. The van der Waals surface area contributed by atoms with Gasteiger partial charge in [0.1, 0.15) is 30.5 Å². The second-order valence-electron chi connectivity index (χ2n) is 5.08. The monoisotopic (exact) mass is 286 g/mol. The molecule has 2 aromatic carbocycles. The first-order valence-electron chi connectivity index (χ1n) is 7.07. The Morgan fingerprint density at radius 3 is 2.33 bits per heavy atom. The molecule has 2 rings (SSSR count). The molecule has 0 fully saturated rings. The van der Waals surface area contributed by atoms with Gasteiger partial charge in [-0.15, -0.1) is 0 Å². The van der Waals surface area contributed by atoms with E-state index in [1.165, 1.54) is 16.7 Å². The Morgan fingerprint density at radius 2 is 1.57 bits per heavy atom. The first-order valence-corrected chi connectivity index (χ1v) is 7.07. The molecule has 3 nitrogen and oxygen atoms in total. The van der Waals surface area contributed by atoms with Gasteiger partial charge < -0.3 is 14.2 Å². The lowest BCUT2D eigenvalue weighted by Crippen LogP contribution is -2.10. The van der Waals surface area contributed by atoms with Gasteiger partial charge >= 0.3 is 0 Å². The standard InChI is InChI=1S/C18H22O3/c1-13-10-14(2)15(3)18(11-13)21-9-8-20-17-7-5-6-16(12-17)19-4/h5-7,10-12H,8-9H2,1-4H3. The van der Waals surface area contributed by atoms with Crippen molar-refractivity contribution in [3.05, 3.63) is 53.1 Å². The average molecular weight is 286 g/mol. The summed E-state index contributed by atoms with van der Waals surface area (Å²) in [5.41, 5.74) is 3.64. The number of hydrogen-bond donors (Lipinski definition) is 0. The van der Waals surface area contributed by atoms with Crippen LogP contribution in [0.15, 0.2) is 36.4 Å².